The highest BCUT2D eigenvalue weighted by molar-refractivity contribution is 6.03. The molecule has 7 heteroatoms. The van der Waals surface area contributed by atoms with Gasteiger partial charge in [0, 0.05) is 11.6 Å². The van der Waals surface area contributed by atoms with Crippen molar-refractivity contribution in [3.05, 3.63) is 72.4 Å². The monoisotopic (exact) mass is 406 g/mol. The van der Waals surface area contributed by atoms with Crippen molar-refractivity contribution in [1.82, 2.24) is 10.3 Å². The molecule has 0 aliphatic rings. The van der Waals surface area contributed by atoms with Crippen LogP contribution in [-0.4, -0.2) is 29.6 Å². The molecule has 0 saturated carbocycles. The van der Waals surface area contributed by atoms with Gasteiger partial charge in [-0.05, 0) is 43.5 Å². The van der Waals surface area contributed by atoms with Crippen molar-refractivity contribution in [3.8, 4) is 0 Å². The highest BCUT2D eigenvalue weighted by Crippen LogP contribution is 2.21. The number of carbonyl (C=O) groups excluding carboxylic acids is 2. The molecule has 0 spiro atoms. The molecular weight excluding hydrogens is 380 g/mol. The summed E-state index contributed by atoms with van der Waals surface area (Å²) in [7, 11) is 0. The molecule has 3 aromatic rings. The number of hydrogen-bond donors (Lipinski definition) is 3. The number of nitrogens with zero attached hydrogens (tertiary/aromatic N) is 1. The average Bonchev–Trinajstić information content (AvgIpc) is 2.78. The van der Waals surface area contributed by atoms with E-state index in [1.807, 2.05) is 54.6 Å². The first-order chi connectivity index (χ1) is 14.7. The van der Waals surface area contributed by atoms with Gasteiger partial charge in [-0.15, -0.1) is 0 Å². The molecule has 2 amide bonds. The maximum Gasteiger partial charge on any atom is 0.408 e. The fourth-order valence-electron chi connectivity index (χ4n) is 3.09. The lowest BCUT2D eigenvalue weighted by molar-refractivity contribution is -0.118. The molecule has 0 aliphatic heterocycles. The maximum absolute atomic E-state index is 12.9. The SMILES string of the molecule is NCCCC[C@H](NC(=O)OCc1ccccc1)C(=O)Nc1cccc2cccnc12. The van der Waals surface area contributed by atoms with E-state index >= 15 is 0 Å². The zero-order valence-corrected chi connectivity index (χ0v) is 16.7. The Morgan fingerprint density at radius 3 is 2.60 bits per heavy atom. The molecule has 0 unspecified atom stereocenters. The molecule has 0 radical (unpaired) electrons. The van der Waals surface area contributed by atoms with Gasteiger partial charge >= 0.3 is 6.09 Å². The second-order valence-electron chi connectivity index (χ2n) is 6.91. The minimum absolute atomic E-state index is 0.136. The number of unbranched alkanes of at least 4 members (excludes halogenated alkanes) is 1. The molecular formula is C23H26N4O3. The normalized spacial score (nSPS) is 11.6. The third kappa shape index (κ3) is 6.02. The predicted molar refractivity (Wildman–Crippen MR) is 117 cm³/mol. The molecule has 0 aliphatic carbocycles. The van der Waals surface area contributed by atoms with Gasteiger partial charge in [0.1, 0.15) is 12.6 Å². The summed E-state index contributed by atoms with van der Waals surface area (Å²) in [5.74, 6) is -0.318. The van der Waals surface area contributed by atoms with E-state index < -0.39 is 12.1 Å². The number of aromatic nitrogens is 1. The number of benzene rings is 2. The van der Waals surface area contributed by atoms with E-state index in [0.717, 1.165) is 17.4 Å². The van der Waals surface area contributed by atoms with Crippen molar-refractivity contribution in [2.45, 2.75) is 31.9 Å². The first-order valence-electron chi connectivity index (χ1n) is 9.99. The van der Waals surface area contributed by atoms with E-state index in [2.05, 4.69) is 15.6 Å². The van der Waals surface area contributed by atoms with Crippen LogP contribution in [0.5, 0.6) is 0 Å². The predicted octanol–water partition coefficient (Wildman–Crippen LogP) is 3.60. The Balaban J connectivity index is 1.65. The van der Waals surface area contributed by atoms with Crippen LogP contribution in [0.25, 0.3) is 10.9 Å². The number of nitrogens with two attached hydrogens (primary N) is 1. The molecule has 1 heterocycles. The summed E-state index contributed by atoms with van der Waals surface area (Å²) in [4.78, 5) is 29.5. The number of pyridine rings is 1. The maximum atomic E-state index is 12.9. The van der Waals surface area contributed by atoms with E-state index in [1.54, 1.807) is 12.3 Å². The summed E-state index contributed by atoms with van der Waals surface area (Å²) in [5, 5.41) is 6.49. The minimum atomic E-state index is -0.737. The second-order valence-corrected chi connectivity index (χ2v) is 6.91. The molecule has 0 bridgehead atoms. The third-order valence-corrected chi connectivity index (χ3v) is 4.66. The first-order valence-corrected chi connectivity index (χ1v) is 9.99. The number of hydrogen-bond acceptors (Lipinski definition) is 5. The third-order valence-electron chi connectivity index (χ3n) is 4.66. The summed E-state index contributed by atoms with van der Waals surface area (Å²) in [5.41, 5.74) is 7.74. The second kappa shape index (κ2) is 10.9. The lowest BCUT2D eigenvalue weighted by Gasteiger charge is -2.19. The number of fused-ring (bicyclic) bond motifs is 1. The van der Waals surface area contributed by atoms with E-state index in [4.69, 9.17) is 10.5 Å². The zero-order valence-electron chi connectivity index (χ0n) is 16.7. The Morgan fingerprint density at radius 2 is 1.80 bits per heavy atom. The molecule has 1 aromatic heterocycles. The minimum Gasteiger partial charge on any atom is -0.445 e. The van der Waals surface area contributed by atoms with Crippen LogP contribution in [0, 0.1) is 0 Å². The zero-order chi connectivity index (χ0) is 21.2. The van der Waals surface area contributed by atoms with Crippen LogP contribution in [0.2, 0.25) is 0 Å². The van der Waals surface area contributed by atoms with E-state index in [1.165, 1.54) is 0 Å². The van der Waals surface area contributed by atoms with Gasteiger partial charge in [-0.25, -0.2) is 4.79 Å². The van der Waals surface area contributed by atoms with Crippen LogP contribution >= 0.6 is 0 Å². The smallest absolute Gasteiger partial charge is 0.408 e. The fraction of sp³-hybridized carbons (Fsp3) is 0.261. The molecule has 4 N–H and O–H groups in total. The first kappa shape index (κ1) is 21.3. The van der Waals surface area contributed by atoms with Crippen LogP contribution in [0.15, 0.2) is 66.9 Å². The Labute approximate surface area is 175 Å². The van der Waals surface area contributed by atoms with Crippen LogP contribution in [0.4, 0.5) is 10.5 Å². The van der Waals surface area contributed by atoms with E-state index in [0.29, 0.717) is 30.6 Å². The van der Waals surface area contributed by atoms with Crippen molar-refractivity contribution in [1.29, 1.82) is 0 Å². The number of carbonyl (C=O) groups is 2. The summed E-state index contributed by atoms with van der Waals surface area (Å²) in [6.45, 7) is 0.664. The Morgan fingerprint density at radius 1 is 1.00 bits per heavy atom. The quantitative estimate of drug-likeness (QED) is 0.471. The number of alkyl carbamates (subject to hydrolysis) is 1. The highest BCUT2D eigenvalue weighted by Gasteiger charge is 2.22. The summed E-state index contributed by atoms with van der Waals surface area (Å²) in [6, 6.07) is 18.0. The van der Waals surface area contributed by atoms with Gasteiger partial charge in [0.15, 0.2) is 0 Å². The van der Waals surface area contributed by atoms with Gasteiger partial charge in [-0.2, -0.15) is 0 Å². The molecule has 0 fully saturated rings. The van der Waals surface area contributed by atoms with Crippen molar-refractivity contribution < 1.29 is 14.3 Å². The standard InChI is InChI=1S/C23H26N4O3/c24-14-5-4-12-20(27-23(29)30-16-17-8-2-1-3-9-17)22(28)26-19-13-6-10-18-11-7-15-25-21(18)19/h1-3,6-11,13,15,20H,4-5,12,14,16,24H2,(H,26,28)(H,27,29)/t20-/m0/s1. The van der Waals surface area contributed by atoms with Gasteiger partial charge in [0.2, 0.25) is 5.91 Å². The summed E-state index contributed by atoms with van der Waals surface area (Å²) in [6.07, 6.45) is 2.97. The van der Waals surface area contributed by atoms with Crippen LogP contribution < -0.4 is 16.4 Å². The van der Waals surface area contributed by atoms with Gasteiger partial charge in [0.05, 0.1) is 11.2 Å². The van der Waals surface area contributed by atoms with Gasteiger partial charge < -0.3 is 21.1 Å². The summed E-state index contributed by atoms with van der Waals surface area (Å²) < 4.78 is 5.27. The van der Waals surface area contributed by atoms with Crippen molar-refractivity contribution in [3.63, 3.8) is 0 Å². The molecule has 7 nitrogen and oxygen atoms in total. The topological polar surface area (TPSA) is 106 Å². The van der Waals surface area contributed by atoms with Crippen LogP contribution in [-0.2, 0) is 16.1 Å². The van der Waals surface area contributed by atoms with Gasteiger partial charge in [0.25, 0.3) is 0 Å². The molecule has 2 aromatic carbocycles. The van der Waals surface area contributed by atoms with Gasteiger partial charge in [-0.1, -0.05) is 48.5 Å². The van der Waals surface area contributed by atoms with E-state index in [9.17, 15) is 9.59 Å². The van der Waals surface area contributed by atoms with Crippen molar-refractivity contribution in [2.24, 2.45) is 5.73 Å². The molecule has 1 atom stereocenters. The number of ether oxygens (including phenoxy) is 1. The Hall–Kier alpha value is -3.45. The molecule has 30 heavy (non-hydrogen) atoms. The van der Waals surface area contributed by atoms with Crippen LogP contribution in [0.1, 0.15) is 24.8 Å². The number of nitrogens with one attached hydrogen (secondary N) is 2. The van der Waals surface area contributed by atoms with Crippen molar-refractivity contribution >= 4 is 28.6 Å². The summed E-state index contributed by atoms with van der Waals surface area (Å²) >= 11 is 0. The molecule has 3 rings (SSSR count). The average molecular weight is 406 g/mol. The largest absolute Gasteiger partial charge is 0.445 e. The number of rotatable bonds is 9. The van der Waals surface area contributed by atoms with Crippen LogP contribution in [0.3, 0.4) is 0 Å². The molecule has 0 saturated heterocycles. The van der Waals surface area contributed by atoms with Crippen molar-refractivity contribution in [2.75, 3.05) is 11.9 Å². The Bertz CT molecular complexity index is 973. The number of amides is 2. The Kier molecular flexibility index (Phi) is 7.74. The van der Waals surface area contributed by atoms with Gasteiger partial charge in [-0.3, -0.25) is 9.78 Å². The highest BCUT2D eigenvalue weighted by atomic mass is 16.5. The lowest BCUT2D eigenvalue weighted by atomic mass is 10.1. The number of anilines is 1. The lowest BCUT2D eigenvalue weighted by Crippen LogP contribution is -2.44. The number of para-hydroxylation sites is 1. The molecule has 156 valence electrons. The fourth-order valence-corrected chi connectivity index (χ4v) is 3.09. The van der Waals surface area contributed by atoms with E-state index in [-0.39, 0.29) is 12.5 Å².